The second kappa shape index (κ2) is 6.52. The number of ether oxygens (including phenoxy) is 1. The predicted molar refractivity (Wildman–Crippen MR) is 87.1 cm³/mol. The van der Waals surface area contributed by atoms with Crippen LogP contribution in [0.3, 0.4) is 0 Å². The van der Waals surface area contributed by atoms with Crippen LogP contribution in [0.4, 0.5) is 0 Å². The average molecular weight is 331 g/mol. The van der Waals surface area contributed by atoms with E-state index in [-0.39, 0.29) is 16.9 Å². The van der Waals surface area contributed by atoms with E-state index in [1.807, 2.05) is 31.2 Å². The fourth-order valence-electron chi connectivity index (χ4n) is 2.69. The normalized spacial score (nSPS) is 18.0. The molecule has 1 aromatic carbocycles. The summed E-state index contributed by atoms with van der Waals surface area (Å²) in [5, 5.41) is 8.98. The maximum absolute atomic E-state index is 12.6. The van der Waals surface area contributed by atoms with Crippen LogP contribution in [-0.4, -0.2) is 41.6 Å². The van der Waals surface area contributed by atoms with E-state index >= 15 is 0 Å². The number of aromatic carboxylic acids is 1. The van der Waals surface area contributed by atoms with Crippen LogP contribution in [0.25, 0.3) is 0 Å². The lowest BCUT2D eigenvalue weighted by atomic mass is 10.0. The molecule has 5 nitrogen and oxygen atoms in total. The summed E-state index contributed by atoms with van der Waals surface area (Å²) < 4.78 is 5.82. The lowest BCUT2D eigenvalue weighted by Crippen LogP contribution is -2.42. The van der Waals surface area contributed by atoms with Crippen molar-refractivity contribution < 1.29 is 19.4 Å². The molecule has 1 aliphatic heterocycles. The Hall–Kier alpha value is -2.18. The Morgan fingerprint density at radius 2 is 1.96 bits per heavy atom. The first kappa shape index (κ1) is 15.7. The number of nitrogens with zero attached hydrogens (tertiary/aromatic N) is 1. The van der Waals surface area contributed by atoms with Crippen molar-refractivity contribution >= 4 is 23.2 Å². The molecule has 1 aliphatic rings. The van der Waals surface area contributed by atoms with Gasteiger partial charge >= 0.3 is 5.97 Å². The first-order valence-corrected chi connectivity index (χ1v) is 8.17. The highest BCUT2D eigenvalue weighted by Gasteiger charge is 2.27. The van der Waals surface area contributed by atoms with Gasteiger partial charge in [0.25, 0.3) is 5.91 Å². The molecular formula is C17H17NO4S. The van der Waals surface area contributed by atoms with Crippen molar-refractivity contribution in [2.75, 3.05) is 19.7 Å². The molecule has 1 amide bonds. The molecule has 1 saturated heterocycles. The molecule has 0 radical (unpaired) electrons. The zero-order chi connectivity index (χ0) is 16.4. The maximum Gasteiger partial charge on any atom is 0.345 e. The SMILES string of the molecule is Cc1ccccc1[C@H]1CN(C(=O)c2ccc(C(=O)O)s2)CCO1. The molecule has 0 bridgehead atoms. The van der Waals surface area contributed by atoms with E-state index in [4.69, 9.17) is 9.84 Å². The van der Waals surface area contributed by atoms with E-state index in [1.54, 1.807) is 11.0 Å². The number of rotatable bonds is 3. The van der Waals surface area contributed by atoms with Crippen LogP contribution in [0.1, 0.15) is 36.6 Å². The minimum absolute atomic E-state index is 0.135. The zero-order valence-electron chi connectivity index (χ0n) is 12.7. The van der Waals surface area contributed by atoms with E-state index in [1.165, 1.54) is 6.07 Å². The number of carboxylic acid groups (broad SMARTS) is 1. The maximum atomic E-state index is 12.6. The molecule has 1 atom stereocenters. The third kappa shape index (κ3) is 3.28. The highest BCUT2D eigenvalue weighted by atomic mass is 32.1. The van der Waals surface area contributed by atoms with Gasteiger partial charge in [-0.2, -0.15) is 0 Å². The summed E-state index contributed by atoms with van der Waals surface area (Å²) in [6.45, 7) is 3.49. The molecule has 23 heavy (non-hydrogen) atoms. The van der Waals surface area contributed by atoms with Crippen LogP contribution in [0.2, 0.25) is 0 Å². The summed E-state index contributed by atoms with van der Waals surface area (Å²) in [5.41, 5.74) is 2.22. The van der Waals surface area contributed by atoms with E-state index in [2.05, 4.69) is 0 Å². The molecule has 1 N–H and O–H groups in total. The first-order chi connectivity index (χ1) is 11.1. The molecule has 0 saturated carbocycles. The Kier molecular flexibility index (Phi) is 4.45. The monoisotopic (exact) mass is 331 g/mol. The molecular weight excluding hydrogens is 314 g/mol. The Balaban J connectivity index is 1.76. The van der Waals surface area contributed by atoms with Crippen molar-refractivity contribution in [3.8, 4) is 0 Å². The summed E-state index contributed by atoms with van der Waals surface area (Å²) in [4.78, 5) is 25.9. The van der Waals surface area contributed by atoms with Crippen molar-refractivity contribution in [1.82, 2.24) is 4.90 Å². The largest absolute Gasteiger partial charge is 0.477 e. The summed E-state index contributed by atoms with van der Waals surface area (Å²) >= 11 is 1.01. The number of hydrogen-bond acceptors (Lipinski definition) is 4. The molecule has 0 aliphatic carbocycles. The molecule has 1 fully saturated rings. The number of carboxylic acids is 1. The van der Waals surface area contributed by atoms with E-state index in [0.29, 0.717) is 24.6 Å². The van der Waals surface area contributed by atoms with Crippen molar-refractivity contribution in [1.29, 1.82) is 0 Å². The summed E-state index contributed by atoms with van der Waals surface area (Å²) in [7, 11) is 0. The number of morpholine rings is 1. The van der Waals surface area contributed by atoms with Crippen molar-refractivity contribution in [2.24, 2.45) is 0 Å². The van der Waals surface area contributed by atoms with Gasteiger partial charge in [0, 0.05) is 6.54 Å². The lowest BCUT2D eigenvalue weighted by Gasteiger charge is -2.33. The van der Waals surface area contributed by atoms with Crippen LogP contribution in [-0.2, 0) is 4.74 Å². The summed E-state index contributed by atoms with van der Waals surface area (Å²) in [5.74, 6) is -1.14. The number of aryl methyl sites for hydroxylation is 1. The highest BCUT2D eigenvalue weighted by Crippen LogP contribution is 2.27. The number of hydrogen-bond donors (Lipinski definition) is 1. The number of carbonyl (C=O) groups excluding carboxylic acids is 1. The van der Waals surface area contributed by atoms with E-state index < -0.39 is 5.97 Å². The first-order valence-electron chi connectivity index (χ1n) is 7.36. The zero-order valence-corrected chi connectivity index (χ0v) is 13.5. The van der Waals surface area contributed by atoms with Crippen molar-refractivity contribution in [3.63, 3.8) is 0 Å². The molecule has 0 unspecified atom stereocenters. The number of carbonyl (C=O) groups is 2. The van der Waals surface area contributed by atoms with E-state index in [9.17, 15) is 9.59 Å². The van der Waals surface area contributed by atoms with Gasteiger partial charge < -0.3 is 14.7 Å². The van der Waals surface area contributed by atoms with E-state index in [0.717, 1.165) is 22.5 Å². The third-order valence-electron chi connectivity index (χ3n) is 3.92. The van der Waals surface area contributed by atoms with Gasteiger partial charge in [-0.3, -0.25) is 4.79 Å². The van der Waals surface area contributed by atoms with Gasteiger partial charge in [-0.1, -0.05) is 24.3 Å². The quantitative estimate of drug-likeness (QED) is 0.939. The Morgan fingerprint density at radius 1 is 1.22 bits per heavy atom. The third-order valence-corrected chi connectivity index (χ3v) is 4.98. The van der Waals surface area contributed by atoms with Gasteiger partial charge in [0.1, 0.15) is 11.0 Å². The minimum Gasteiger partial charge on any atom is -0.477 e. The smallest absolute Gasteiger partial charge is 0.345 e. The summed E-state index contributed by atoms with van der Waals surface area (Å²) in [6, 6.07) is 11.0. The van der Waals surface area contributed by atoms with Crippen LogP contribution >= 0.6 is 11.3 Å². The van der Waals surface area contributed by atoms with Crippen LogP contribution in [0.15, 0.2) is 36.4 Å². The van der Waals surface area contributed by atoms with Gasteiger partial charge in [-0.05, 0) is 30.2 Å². The van der Waals surface area contributed by atoms with Gasteiger partial charge in [-0.25, -0.2) is 4.79 Å². The highest BCUT2D eigenvalue weighted by molar-refractivity contribution is 7.15. The Labute approximate surface area is 138 Å². The van der Waals surface area contributed by atoms with Crippen molar-refractivity contribution in [3.05, 3.63) is 57.3 Å². The fourth-order valence-corrected chi connectivity index (χ4v) is 3.51. The minimum atomic E-state index is -1.01. The number of thiophene rings is 1. The van der Waals surface area contributed by atoms with Gasteiger partial charge in [0.15, 0.2) is 0 Å². The Bertz CT molecular complexity index is 740. The standard InChI is InChI=1S/C17H17NO4S/c1-11-4-2-3-5-12(11)13-10-18(8-9-22-13)16(19)14-6-7-15(23-14)17(20)21/h2-7,13H,8-10H2,1H3,(H,20,21)/t13-/m1/s1. The van der Waals surface area contributed by atoms with Crippen LogP contribution < -0.4 is 0 Å². The van der Waals surface area contributed by atoms with Crippen LogP contribution in [0.5, 0.6) is 0 Å². The molecule has 2 heterocycles. The fraction of sp³-hybridized carbons (Fsp3) is 0.294. The number of benzene rings is 1. The topological polar surface area (TPSA) is 66.8 Å². The summed E-state index contributed by atoms with van der Waals surface area (Å²) in [6.07, 6.45) is -0.146. The lowest BCUT2D eigenvalue weighted by molar-refractivity contribution is -0.0229. The average Bonchev–Trinajstić information content (AvgIpc) is 3.05. The van der Waals surface area contributed by atoms with Crippen molar-refractivity contribution in [2.45, 2.75) is 13.0 Å². The molecule has 6 heteroatoms. The molecule has 120 valence electrons. The molecule has 2 aromatic rings. The second-order valence-corrected chi connectivity index (χ2v) is 6.52. The molecule has 0 spiro atoms. The van der Waals surface area contributed by atoms with Gasteiger partial charge in [0.2, 0.25) is 0 Å². The van der Waals surface area contributed by atoms with Gasteiger partial charge in [0.05, 0.1) is 18.0 Å². The molecule has 1 aromatic heterocycles. The number of amides is 1. The van der Waals surface area contributed by atoms with Gasteiger partial charge in [-0.15, -0.1) is 11.3 Å². The molecule has 3 rings (SSSR count). The van der Waals surface area contributed by atoms with Crippen LogP contribution in [0, 0.1) is 6.92 Å². The Morgan fingerprint density at radius 3 is 2.65 bits per heavy atom. The predicted octanol–water partition coefficient (Wildman–Crippen LogP) is 2.97. The second-order valence-electron chi connectivity index (χ2n) is 5.44.